The second-order valence-corrected chi connectivity index (χ2v) is 3.68. The Morgan fingerprint density at radius 3 is 1.80 bits per heavy atom. The van der Waals surface area contributed by atoms with Crippen molar-refractivity contribution < 1.29 is 10.2 Å². The lowest BCUT2D eigenvalue weighted by molar-refractivity contribution is 0.451. The van der Waals surface area contributed by atoms with Crippen molar-refractivity contribution in [1.82, 2.24) is 0 Å². The Morgan fingerprint density at radius 1 is 0.733 bits per heavy atom. The van der Waals surface area contributed by atoms with Crippen LogP contribution in [0.2, 0.25) is 5.02 Å². The minimum absolute atomic E-state index is 0.0416. The molecule has 0 amide bonds. The maximum absolute atomic E-state index is 9.32. The van der Waals surface area contributed by atoms with Crippen LogP contribution in [0.3, 0.4) is 0 Å². The van der Waals surface area contributed by atoms with Crippen LogP contribution in [0.15, 0.2) is 42.5 Å². The van der Waals surface area contributed by atoms with E-state index in [9.17, 15) is 10.2 Å². The van der Waals surface area contributed by atoms with E-state index in [-0.39, 0.29) is 11.5 Å². The third kappa shape index (κ3) is 2.22. The molecule has 0 radical (unpaired) electrons. The van der Waals surface area contributed by atoms with Crippen LogP contribution in [0.5, 0.6) is 11.5 Å². The Morgan fingerprint density at radius 2 is 1.27 bits per heavy atom. The Bertz CT molecular complexity index is 457. The Labute approximate surface area is 92.4 Å². The van der Waals surface area contributed by atoms with Crippen LogP contribution in [-0.4, -0.2) is 10.2 Å². The summed E-state index contributed by atoms with van der Waals surface area (Å²) in [5.74, 6) is 0.0832. The molecule has 76 valence electrons. The lowest BCUT2D eigenvalue weighted by Gasteiger charge is -2.03. The fraction of sp³-hybridized carbons (Fsp3) is 0. The largest absolute Gasteiger partial charge is 0.508 e. The summed E-state index contributed by atoms with van der Waals surface area (Å²) in [7, 11) is 0. The molecule has 0 aromatic heterocycles. The summed E-state index contributed by atoms with van der Waals surface area (Å²) in [5, 5.41) is 19.3. The van der Waals surface area contributed by atoms with Gasteiger partial charge in [0, 0.05) is 11.1 Å². The molecule has 2 rings (SSSR count). The van der Waals surface area contributed by atoms with Crippen molar-refractivity contribution in [2.75, 3.05) is 0 Å². The molecular formula is C12H9ClO2. The fourth-order valence-electron chi connectivity index (χ4n) is 1.40. The molecule has 2 nitrogen and oxygen atoms in total. The summed E-state index contributed by atoms with van der Waals surface area (Å²) in [6.45, 7) is 0. The van der Waals surface area contributed by atoms with Crippen LogP contribution >= 0.6 is 11.6 Å². The van der Waals surface area contributed by atoms with Crippen LogP contribution in [0.1, 0.15) is 0 Å². The molecule has 2 aromatic rings. The lowest BCUT2D eigenvalue weighted by atomic mass is 10.1. The summed E-state index contributed by atoms with van der Waals surface area (Å²) in [6, 6.07) is 11.6. The number of aromatic hydroxyl groups is 2. The molecule has 3 heteroatoms. The third-order valence-electron chi connectivity index (χ3n) is 2.08. The first kappa shape index (κ1) is 9.87. The lowest BCUT2D eigenvalue weighted by Crippen LogP contribution is -1.77. The monoisotopic (exact) mass is 220 g/mol. The number of hydrogen-bond acceptors (Lipinski definition) is 2. The quantitative estimate of drug-likeness (QED) is 0.773. The fourth-order valence-corrected chi connectivity index (χ4v) is 1.53. The average Bonchev–Trinajstić information content (AvgIpc) is 2.17. The zero-order valence-corrected chi connectivity index (χ0v) is 8.57. The van der Waals surface area contributed by atoms with Crippen molar-refractivity contribution in [2.24, 2.45) is 0 Å². The molecule has 0 saturated carbocycles. The van der Waals surface area contributed by atoms with E-state index in [1.807, 2.05) is 12.1 Å². The summed E-state index contributed by atoms with van der Waals surface area (Å²) in [6.07, 6.45) is 0. The molecule has 0 atom stereocenters. The van der Waals surface area contributed by atoms with Crippen molar-refractivity contribution in [3.8, 4) is 22.6 Å². The summed E-state index contributed by atoms with van der Waals surface area (Å²) < 4.78 is 0. The van der Waals surface area contributed by atoms with Crippen molar-refractivity contribution in [3.05, 3.63) is 47.5 Å². The normalized spacial score (nSPS) is 10.2. The first-order valence-electron chi connectivity index (χ1n) is 4.44. The minimum Gasteiger partial charge on any atom is -0.508 e. The van der Waals surface area contributed by atoms with Crippen LogP contribution in [0.4, 0.5) is 0 Å². The first-order chi connectivity index (χ1) is 7.15. The zero-order chi connectivity index (χ0) is 10.8. The van der Waals surface area contributed by atoms with Crippen molar-refractivity contribution in [2.45, 2.75) is 0 Å². The molecule has 2 aromatic carbocycles. The van der Waals surface area contributed by atoms with Gasteiger partial charge in [-0.2, -0.15) is 0 Å². The highest BCUT2D eigenvalue weighted by Gasteiger charge is 2.01. The molecule has 0 unspecified atom stereocenters. The predicted octanol–water partition coefficient (Wildman–Crippen LogP) is 3.42. The van der Waals surface area contributed by atoms with Gasteiger partial charge in [0.15, 0.2) is 0 Å². The first-order valence-corrected chi connectivity index (χ1v) is 4.82. The van der Waals surface area contributed by atoms with Crippen molar-refractivity contribution in [3.63, 3.8) is 0 Å². The van der Waals surface area contributed by atoms with Gasteiger partial charge in [-0.1, -0.05) is 23.7 Å². The topological polar surface area (TPSA) is 40.5 Å². The molecule has 0 spiro atoms. The molecule has 0 saturated heterocycles. The summed E-state index contributed by atoms with van der Waals surface area (Å²) in [4.78, 5) is 0. The highest BCUT2D eigenvalue weighted by Crippen LogP contribution is 2.29. The number of phenols is 2. The Hall–Kier alpha value is -1.67. The van der Waals surface area contributed by atoms with Gasteiger partial charge in [0.05, 0.1) is 0 Å². The van der Waals surface area contributed by atoms with E-state index in [0.29, 0.717) is 5.02 Å². The average molecular weight is 221 g/mol. The van der Waals surface area contributed by atoms with E-state index in [2.05, 4.69) is 0 Å². The molecule has 0 aliphatic heterocycles. The number of phenolic OH excluding ortho intramolecular Hbond substituents is 2. The van der Waals surface area contributed by atoms with Gasteiger partial charge in [-0.3, -0.25) is 0 Å². The van der Waals surface area contributed by atoms with Crippen LogP contribution < -0.4 is 0 Å². The van der Waals surface area contributed by atoms with Gasteiger partial charge in [0.2, 0.25) is 0 Å². The van der Waals surface area contributed by atoms with Gasteiger partial charge in [-0.25, -0.2) is 0 Å². The molecule has 2 N–H and O–H groups in total. The smallest absolute Gasteiger partial charge is 0.119 e. The van der Waals surface area contributed by atoms with Crippen molar-refractivity contribution >= 4 is 11.6 Å². The highest BCUT2D eigenvalue weighted by molar-refractivity contribution is 6.30. The highest BCUT2D eigenvalue weighted by atomic mass is 35.5. The maximum Gasteiger partial charge on any atom is 0.119 e. The molecular weight excluding hydrogens is 212 g/mol. The summed E-state index contributed by atoms with van der Waals surface area (Å²) in [5.41, 5.74) is 1.65. The number of rotatable bonds is 1. The van der Waals surface area contributed by atoms with E-state index in [4.69, 9.17) is 11.6 Å². The van der Waals surface area contributed by atoms with E-state index in [1.54, 1.807) is 24.3 Å². The van der Waals surface area contributed by atoms with E-state index in [1.165, 1.54) is 6.07 Å². The number of halogens is 1. The summed E-state index contributed by atoms with van der Waals surface area (Å²) >= 11 is 5.76. The Balaban J connectivity index is 2.49. The molecule has 0 aliphatic rings. The van der Waals surface area contributed by atoms with E-state index >= 15 is 0 Å². The van der Waals surface area contributed by atoms with Crippen LogP contribution in [0.25, 0.3) is 11.1 Å². The van der Waals surface area contributed by atoms with E-state index < -0.39 is 0 Å². The van der Waals surface area contributed by atoms with E-state index in [0.717, 1.165) is 11.1 Å². The van der Waals surface area contributed by atoms with Gasteiger partial charge >= 0.3 is 0 Å². The third-order valence-corrected chi connectivity index (χ3v) is 2.33. The second-order valence-electron chi connectivity index (χ2n) is 3.24. The standard InChI is InChI=1S/C12H9ClO2/c13-10-3-1-8(2-4-10)9-5-11(14)7-12(15)6-9/h1-7,14-15H. The van der Waals surface area contributed by atoms with Crippen LogP contribution in [-0.2, 0) is 0 Å². The Kier molecular flexibility index (Phi) is 2.52. The van der Waals surface area contributed by atoms with Gasteiger partial charge < -0.3 is 10.2 Å². The van der Waals surface area contributed by atoms with Gasteiger partial charge in [-0.05, 0) is 35.4 Å². The second kappa shape index (κ2) is 3.83. The zero-order valence-electron chi connectivity index (χ0n) is 7.81. The SMILES string of the molecule is Oc1cc(O)cc(-c2ccc(Cl)cc2)c1. The molecule has 0 heterocycles. The van der Waals surface area contributed by atoms with Gasteiger partial charge in [0.1, 0.15) is 11.5 Å². The van der Waals surface area contributed by atoms with Crippen molar-refractivity contribution in [1.29, 1.82) is 0 Å². The predicted molar refractivity (Wildman–Crippen MR) is 60.2 cm³/mol. The maximum atomic E-state index is 9.32. The number of benzene rings is 2. The minimum atomic E-state index is 0.0416. The molecule has 0 fully saturated rings. The number of hydrogen-bond donors (Lipinski definition) is 2. The molecule has 0 aliphatic carbocycles. The van der Waals surface area contributed by atoms with Gasteiger partial charge in [-0.15, -0.1) is 0 Å². The van der Waals surface area contributed by atoms with Gasteiger partial charge in [0.25, 0.3) is 0 Å². The molecule has 15 heavy (non-hydrogen) atoms. The van der Waals surface area contributed by atoms with Crippen LogP contribution in [0, 0.1) is 0 Å². The molecule has 0 bridgehead atoms.